The van der Waals surface area contributed by atoms with Gasteiger partial charge in [0.2, 0.25) is 5.91 Å². The van der Waals surface area contributed by atoms with Crippen LogP contribution < -0.4 is 9.47 Å². The van der Waals surface area contributed by atoms with Gasteiger partial charge in [-0.3, -0.25) is 9.59 Å². The zero-order valence-corrected chi connectivity index (χ0v) is 15.4. The fraction of sp³-hybridized carbons (Fsp3) is 0.333. The number of halogens is 1. The third kappa shape index (κ3) is 4.45. The molecule has 142 valence electrons. The van der Waals surface area contributed by atoms with Crippen LogP contribution >= 0.6 is 0 Å². The first-order valence-electron chi connectivity index (χ1n) is 8.89. The molecule has 0 aromatic heterocycles. The predicted molar refractivity (Wildman–Crippen MR) is 98.6 cm³/mol. The zero-order valence-electron chi connectivity index (χ0n) is 15.4. The summed E-state index contributed by atoms with van der Waals surface area (Å²) in [6, 6.07) is 10.9. The number of Topliss-reactive ketones (excluding diaryl/α,β-unsaturated/α-hetero) is 1. The highest BCUT2D eigenvalue weighted by atomic mass is 19.1. The molecule has 2 aromatic carbocycles. The highest BCUT2D eigenvalue weighted by molar-refractivity contribution is 5.98. The summed E-state index contributed by atoms with van der Waals surface area (Å²) in [4.78, 5) is 26.4. The van der Waals surface area contributed by atoms with Gasteiger partial charge in [0.25, 0.3) is 0 Å². The van der Waals surface area contributed by atoms with Crippen molar-refractivity contribution in [2.24, 2.45) is 0 Å². The van der Waals surface area contributed by atoms with Gasteiger partial charge in [0.1, 0.15) is 19.0 Å². The number of amides is 1. The van der Waals surface area contributed by atoms with E-state index in [2.05, 4.69) is 0 Å². The first kappa shape index (κ1) is 18.9. The fourth-order valence-corrected chi connectivity index (χ4v) is 2.94. The smallest absolute Gasteiger partial charge is 0.223 e. The lowest BCUT2D eigenvalue weighted by molar-refractivity contribution is -0.131. The largest absolute Gasteiger partial charge is 0.486 e. The molecule has 5 nitrogen and oxygen atoms in total. The number of rotatable bonds is 6. The first-order chi connectivity index (χ1) is 13.0. The molecule has 0 radical (unpaired) electrons. The van der Waals surface area contributed by atoms with Crippen molar-refractivity contribution in [3.8, 4) is 11.5 Å². The van der Waals surface area contributed by atoms with Crippen molar-refractivity contribution in [2.45, 2.75) is 25.8 Å². The Morgan fingerprint density at radius 3 is 2.41 bits per heavy atom. The van der Waals surface area contributed by atoms with Crippen molar-refractivity contribution >= 4 is 11.7 Å². The van der Waals surface area contributed by atoms with Gasteiger partial charge in [0.05, 0.1) is 6.04 Å². The summed E-state index contributed by atoms with van der Waals surface area (Å²) in [6.45, 7) is 2.82. The van der Waals surface area contributed by atoms with E-state index in [1.165, 1.54) is 12.1 Å². The molecule has 0 fully saturated rings. The van der Waals surface area contributed by atoms with Gasteiger partial charge in [-0.25, -0.2) is 4.39 Å². The van der Waals surface area contributed by atoms with Crippen LogP contribution in [0.25, 0.3) is 0 Å². The van der Waals surface area contributed by atoms with E-state index < -0.39 is 0 Å². The summed E-state index contributed by atoms with van der Waals surface area (Å²) in [5.41, 5.74) is 1.34. The molecule has 0 bridgehead atoms. The number of ether oxygens (including phenoxy) is 2. The van der Waals surface area contributed by atoms with Gasteiger partial charge in [0.15, 0.2) is 17.3 Å². The number of carbonyl (C=O) groups is 2. The van der Waals surface area contributed by atoms with Crippen LogP contribution in [0.15, 0.2) is 42.5 Å². The molecule has 6 heteroatoms. The van der Waals surface area contributed by atoms with E-state index >= 15 is 0 Å². The van der Waals surface area contributed by atoms with Gasteiger partial charge in [-0.2, -0.15) is 0 Å². The Balaban J connectivity index is 1.57. The molecule has 2 aromatic rings. The second-order valence-electron chi connectivity index (χ2n) is 6.51. The molecule has 0 saturated carbocycles. The normalized spacial score (nSPS) is 13.7. The monoisotopic (exact) mass is 371 g/mol. The van der Waals surface area contributed by atoms with E-state index in [1.54, 1.807) is 42.3 Å². The molecule has 1 amide bonds. The fourth-order valence-electron chi connectivity index (χ4n) is 2.94. The van der Waals surface area contributed by atoms with Crippen molar-refractivity contribution < 1.29 is 23.5 Å². The summed E-state index contributed by atoms with van der Waals surface area (Å²) in [6.07, 6.45) is 0.217. The lowest BCUT2D eigenvalue weighted by Gasteiger charge is -2.25. The summed E-state index contributed by atoms with van der Waals surface area (Å²) in [5.74, 6) is 0.605. The summed E-state index contributed by atoms with van der Waals surface area (Å²) in [5, 5.41) is 0. The molecule has 3 rings (SSSR count). The van der Waals surface area contributed by atoms with E-state index in [9.17, 15) is 14.0 Å². The van der Waals surface area contributed by atoms with Gasteiger partial charge >= 0.3 is 0 Å². The molecule has 27 heavy (non-hydrogen) atoms. The highest BCUT2D eigenvalue weighted by Gasteiger charge is 2.20. The summed E-state index contributed by atoms with van der Waals surface area (Å²) < 4.78 is 24.0. The third-order valence-corrected chi connectivity index (χ3v) is 4.76. The Labute approximate surface area is 157 Å². The minimum absolute atomic E-state index is 0.106. The van der Waals surface area contributed by atoms with Crippen LogP contribution in [0, 0.1) is 5.82 Å². The number of nitrogens with zero attached hydrogens (tertiary/aromatic N) is 1. The third-order valence-electron chi connectivity index (χ3n) is 4.76. The van der Waals surface area contributed by atoms with Crippen LogP contribution in [0.3, 0.4) is 0 Å². The molecule has 0 N–H and O–H groups in total. The lowest BCUT2D eigenvalue weighted by atomic mass is 10.0. The molecule has 1 heterocycles. The van der Waals surface area contributed by atoms with Crippen LogP contribution in [0.4, 0.5) is 4.39 Å². The second kappa shape index (κ2) is 8.20. The Bertz CT molecular complexity index is 835. The number of hydrogen-bond acceptors (Lipinski definition) is 4. The number of fused-ring (bicyclic) bond motifs is 1. The van der Waals surface area contributed by atoms with Crippen molar-refractivity contribution in [1.82, 2.24) is 4.90 Å². The molecule has 0 aliphatic carbocycles. The molecule has 0 saturated heterocycles. The number of hydrogen-bond donors (Lipinski definition) is 0. The molecule has 1 aliphatic heterocycles. The molecular formula is C21H22FNO4. The lowest BCUT2D eigenvalue weighted by Crippen LogP contribution is -2.29. The van der Waals surface area contributed by atoms with Crippen molar-refractivity contribution in [2.75, 3.05) is 20.3 Å². The minimum atomic E-state index is -0.315. The Hall–Kier alpha value is -2.89. The second-order valence-corrected chi connectivity index (χ2v) is 6.51. The maximum absolute atomic E-state index is 13.1. The quantitative estimate of drug-likeness (QED) is 0.725. The first-order valence-corrected chi connectivity index (χ1v) is 8.89. The SMILES string of the molecule is CC(c1ccc(F)cc1)N(C)C(=O)CCC(=O)c1ccc2c(c1)OCCO2. The Morgan fingerprint density at radius 1 is 1.04 bits per heavy atom. The topological polar surface area (TPSA) is 55.8 Å². The number of carbonyl (C=O) groups excluding carboxylic acids is 2. The molecular weight excluding hydrogens is 349 g/mol. The zero-order chi connectivity index (χ0) is 19.4. The van der Waals surface area contributed by atoms with Crippen LogP contribution in [-0.2, 0) is 4.79 Å². The van der Waals surface area contributed by atoms with Crippen molar-refractivity contribution in [3.05, 3.63) is 59.4 Å². The predicted octanol–water partition coefficient (Wildman–Crippen LogP) is 3.78. The van der Waals surface area contributed by atoms with Crippen LogP contribution in [0.5, 0.6) is 11.5 Å². The van der Waals surface area contributed by atoms with E-state index in [-0.39, 0.29) is 36.4 Å². The van der Waals surface area contributed by atoms with E-state index in [0.717, 1.165) is 5.56 Å². The maximum Gasteiger partial charge on any atom is 0.223 e. The molecule has 1 atom stereocenters. The van der Waals surface area contributed by atoms with Crippen molar-refractivity contribution in [3.63, 3.8) is 0 Å². The number of benzene rings is 2. The molecule has 1 aliphatic rings. The molecule has 0 spiro atoms. The van der Waals surface area contributed by atoms with E-state index in [0.29, 0.717) is 30.3 Å². The average Bonchev–Trinajstić information content (AvgIpc) is 2.70. The van der Waals surface area contributed by atoms with Crippen molar-refractivity contribution in [1.29, 1.82) is 0 Å². The van der Waals surface area contributed by atoms with E-state index in [4.69, 9.17) is 9.47 Å². The van der Waals surface area contributed by atoms with Gasteiger partial charge in [-0.15, -0.1) is 0 Å². The van der Waals surface area contributed by atoms with Crippen LogP contribution in [-0.4, -0.2) is 36.9 Å². The van der Waals surface area contributed by atoms with Crippen LogP contribution in [0.2, 0.25) is 0 Å². The standard InChI is InChI=1S/C21H22FNO4/c1-14(15-3-6-17(22)7-4-15)23(2)21(25)10-8-18(24)16-5-9-19-20(13-16)27-12-11-26-19/h3-7,9,13-14H,8,10-12H2,1-2H3. The minimum Gasteiger partial charge on any atom is -0.486 e. The Morgan fingerprint density at radius 2 is 1.70 bits per heavy atom. The van der Waals surface area contributed by atoms with E-state index in [1.807, 2.05) is 6.92 Å². The average molecular weight is 371 g/mol. The van der Waals surface area contributed by atoms with Crippen LogP contribution in [0.1, 0.15) is 41.7 Å². The Kier molecular flexibility index (Phi) is 5.74. The van der Waals surface area contributed by atoms with Gasteiger partial charge < -0.3 is 14.4 Å². The number of ketones is 1. The summed E-state index contributed by atoms with van der Waals surface area (Å²) in [7, 11) is 1.69. The maximum atomic E-state index is 13.1. The molecule has 1 unspecified atom stereocenters. The summed E-state index contributed by atoms with van der Waals surface area (Å²) >= 11 is 0. The highest BCUT2D eigenvalue weighted by Crippen LogP contribution is 2.31. The van der Waals surface area contributed by atoms with Gasteiger partial charge in [0, 0.05) is 25.5 Å². The van der Waals surface area contributed by atoms with Gasteiger partial charge in [-0.05, 0) is 42.8 Å². The van der Waals surface area contributed by atoms with Gasteiger partial charge in [-0.1, -0.05) is 12.1 Å².